The fourth-order valence-corrected chi connectivity index (χ4v) is 0.294. The van der Waals surface area contributed by atoms with Gasteiger partial charge in [0.25, 0.3) is 0 Å². The molecule has 0 atom stereocenters. The molecule has 3 nitrogen and oxygen atoms in total. The molecule has 0 aliphatic rings. The van der Waals surface area contributed by atoms with E-state index in [1.54, 1.807) is 0 Å². The van der Waals surface area contributed by atoms with Crippen molar-refractivity contribution in [3.8, 4) is 0 Å². The van der Waals surface area contributed by atoms with Gasteiger partial charge < -0.3 is 10.6 Å². The third-order valence-corrected chi connectivity index (χ3v) is 0.412. The molecule has 0 saturated heterocycles. The molecule has 0 aliphatic carbocycles. The molecule has 0 saturated carbocycles. The molecule has 0 spiro atoms. The summed E-state index contributed by atoms with van der Waals surface area (Å²) in [5.74, 6) is -0.0625. The summed E-state index contributed by atoms with van der Waals surface area (Å²) in [6, 6.07) is 0. The van der Waals surface area contributed by atoms with Crippen LogP contribution in [0.3, 0.4) is 0 Å². The Labute approximate surface area is 94.5 Å². The zero-order valence-corrected chi connectivity index (χ0v) is 4.93. The third kappa shape index (κ3) is 17.7. The summed E-state index contributed by atoms with van der Waals surface area (Å²) in [6.45, 7) is 2.85. The van der Waals surface area contributed by atoms with Crippen LogP contribution in [0.1, 0.15) is 13.8 Å². The molecule has 0 amide bonds. The molecule has 0 bridgehead atoms. The number of aliphatic hydroxyl groups excluding tert-OH is 1. The van der Waals surface area contributed by atoms with Crippen molar-refractivity contribution in [2.24, 2.45) is 0 Å². The van der Waals surface area contributed by atoms with Gasteiger partial charge in [-0.2, -0.15) is 0 Å². The van der Waals surface area contributed by atoms with Crippen LogP contribution >= 0.6 is 0 Å². The minimum absolute atomic E-state index is 0. The predicted octanol–water partition coefficient (Wildman–Crippen LogP) is -0.704. The monoisotopic (exact) mass is 258 g/mol. The molecule has 0 unspecified atom stereocenters. The maximum atomic E-state index is 10.0. The first-order valence-electron chi connectivity index (χ1n) is 2.01. The van der Waals surface area contributed by atoms with Gasteiger partial charge in [0.15, 0.2) is 5.78 Å². The summed E-state index contributed by atoms with van der Waals surface area (Å²) in [7, 11) is 0. The van der Waals surface area contributed by atoms with Crippen molar-refractivity contribution in [3.05, 3.63) is 11.8 Å². The van der Waals surface area contributed by atoms with Gasteiger partial charge in [-0.05, 0) is 13.8 Å². The van der Waals surface area contributed by atoms with Crippen LogP contribution in [0.5, 0.6) is 0 Å². The molecule has 9 heavy (non-hydrogen) atoms. The first-order chi connectivity index (χ1) is 3.13. The topological polar surface area (TPSA) is 68.8 Å². The molecular formula is C5H12BaO3. The number of hydrogen-bond donors (Lipinski definition) is 1. The van der Waals surface area contributed by atoms with Gasteiger partial charge in [0.1, 0.15) is 0 Å². The van der Waals surface area contributed by atoms with E-state index in [0.717, 1.165) is 0 Å². The van der Waals surface area contributed by atoms with Crippen molar-refractivity contribution < 1.29 is 15.4 Å². The van der Waals surface area contributed by atoms with E-state index in [9.17, 15) is 4.79 Å². The normalized spacial score (nSPS) is 8.89. The Bertz CT molecular complexity index is 105. The van der Waals surface area contributed by atoms with Crippen molar-refractivity contribution in [1.29, 1.82) is 0 Å². The number of carbonyl (C=O) groups is 1. The van der Waals surface area contributed by atoms with Crippen molar-refractivity contribution in [2.45, 2.75) is 13.8 Å². The van der Waals surface area contributed by atoms with Gasteiger partial charge in [0.2, 0.25) is 0 Å². The quantitative estimate of drug-likeness (QED) is 0.383. The van der Waals surface area contributed by atoms with Crippen molar-refractivity contribution in [3.63, 3.8) is 0 Å². The number of ketones is 1. The van der Waals surface area contributed by atoms with E-state index in [1.807, 2.05) is 0 Å². The van der Waals surface area contributed by atoms with Crippen LogP contribution in [0.15, 0.2) is 11.8 Å². The Balaban J connectivity index is -0.000000180. The van der Waals surface area contributed by atoms with Gasteiger partial charge in [-0.3, -0.25) is 4.79 Å². The Kier molecular flexibility index (Phi) is 15.9. The molecule has 0 fully saturated rings. The summed E-state index contributed by atoms with van der Waals surface area (Å²) in [6.07, 6.45) is 1.17. The molecule has 0 radical (unpaired) electrons. The first kappa shape index (κ1) is 16.4. The molecular weight excluding hydrogens is 245 g/mol. The zero-order chi connectivity index (χ0) is 5.86. The van der Waals surface area contributed by atoms with Crippen molar-refractivity contribution in [2.75, 3.05) is 0 Å². The van der Waals surface area contributed by atoms with Gasteiger partial charge in [-0.15, -0.1) is 0 Å². The summed E-state index contributed by atoms with van der Waals surface area (Å²) in [5.41, 5.74) is 0. The molecule has 0 aromatic rings. The van der Waals surface area contributed by atoms with Crippen molar-refractivity contribution in [1.82, 2.24) is 0 Å². The molecule has 3 N–H and O–H groups in total. The molecule has 4 heteroatoms. The van der Waals surface area contributed by atoms with E-state index in [4.69, 9.17) is 5.11 Å². The molecule has 0 aliphatic heterocycles. The average Bonchev–Trinajstić information content (AvgIpc) is 1.27. The van der Waals surface area contributed by atoms with Gasteiger partial charge in [-0.25, -0.2) is 0 Å². The Morgan fingerprint density at radius 1 is 1.44 bits per heavy atom. The second-order valence-electron chi connectivity index (χ2n) is 1.40. The molecule has 0 rings (SSSR count). The summed E-state index contributed by atoms with van der Waals surface area (Å²) in [5, 5.41) is 8.36. The van der Waals surface area contributed by atoms with Crippen LogP contribution in [-0.4, -0.2) is 65.2 Å². The van der Waals surface area contributed by atoms with E-state index < -0.39 is 0 Å². The van der Waals surface area contributed by atoms with E-state index in [1.165, 1.54) is 19.9 Å². The summed E-state index contributed by atoms with van der Waals surface area (Å²) < 4.78 is 0. The SMILES string of the molecule is CC(=O)/C=C(/C)O.O.[BaH2]. The molecule has 0 aromatic heterocycles. The van der Waals surface area contributed by atoms with Crippen LogP contribution < -0.4 is 0 Å². The Hall–Kier alpha value is 0.741. The Morgan fingerprint density at radius 3 is 1.78 bits per heavy atom. The van der Waals surface area contributed by atoms with Crippen LogP contribution in [0.2, 0.25) is 0 Å². The number of carbonyl (C=O) groups excluding carboxylic acids is 1. The van der Waals surface area contributed by atoms with Gasteiger partial charge in [0.05, 0.1) is 5.76 Å². The van der Waals surface area contributed by atoms with Crippen molar-refractivity contribution >= 4 is 54.7 Å². The number of allylic oxidation sites excluding steroid dienone is 2. The van der Waals surface area contributed by atoms with E-state index in [2.05, 4.69) is 0 Å². The van der Waals surface area contributed by atoms with E-state index in [-0.39, 0.29) is 65.9 Å². The fraction of sp³-hybridized carbons (Fsp3) is 0.400. The van der Waals surface area contributed by atoms with E-state index in [0.29, 0.717) is 0 Å². The van der Waals surface area contributed by atoms with Gasteiger partial charge in [0, 0.05) is 6.08 Å². The van der Waals surface area contributed by atoms with Crippen LogP contribution in [0.25, 0.3) is 0 Å². The van der Waals surface area contributed by atoms with E-state index >= 15 is 0 Å². The molecule has 52 valence electrons. The van der Waals surface area contributed by atoms with Crippen LogP contribution in [-0.2, 0) is 4.79 Å². The molecule has 0 heterocycles. The second kappa shape index (κ2) is 8.74. The first-order valence-corrected chi connectivity index (χ1v) is 2.01. The summed E-state index contributed by atoms with van der Waals surface area (Å²) in [4.78, 5) is 10.0. The van der Waals surface area contributed by atoms with Crippen LogP contribution in [0, 0.1) is 0 Å². The van der Waals surface area contributed by atoms with Crippen LogP contribution in [0.4, 0.5) is 0 Å². The second-order valence-corrected chi connectivity index (χ2v) is 1.40. The summed E-state index contributed by atoms with van der Waals surface area (Å²) >= 11 is 0. The number of hydrogen-bond acceptors (Lipinski definition) is 2. The van der Waals surface area contributed by atoms with Gasteiger partial charge in [-0.1, -0.05) is 0 Å². The minimum atomic E-state index is -0.125. The molecule has 0 aromatic carbocycles. The standard InChI is InChI=1S/C5H8O2.Ba.H2O.2H/c1-4(6)3-5(2)7;;;;/h3,6H,1-2H3;;1H2;;/b4-3-;;;;. The average molecular weight is 257 g/mol. The fourth-order valence-electron chi connectivity index (χ4n) is 0.294. The predicted molar refractivity (Wildman–Crippen MR) is 39.2 cm³/mol. The number of aliphatic hydroxyl groups is 1. The Morgan fingerprint density at radius 2 is 1.78 bits per heavy atom. The third-order valence-electron chi connectivity index (χ3n) is 0.412. The van der Waals surface area contributed by atoms with Gasteiger partial charge >= 0.3 is 48.9 Å². The number of rotatable bonds is 1. The zero-order valence-electron chi connectivity index (χ0n) is 4.93. The maximum absolute atomic E-state index is 10.0.